The first-order valence-electron chi connectivity index (χ1n) is 6.90. The fourth-order valence-electron chi connectivity index (χ4n) is 2.21. The van der Waals surface area contributed by atoms with Gasteiger partial charge < -0.3 is 11.1 Å². The lowest BCUT2D eigenvalue weighted by Crippen LogP contribution is -2.14. The van der Waals surface area contributed by atoms with Gasteiger partial charge in [0.05, 0.1) is 6.04 Å². The first-order valence-corrected chi connectivity index (χ1v) is 7.71. The molecule has 0 bridgehead atoms. The van der Waals surface area contributed by atoms with Crippen LogP contribution in [0.5, 0.6) is 0 Å². The molecule has 0 unspecified atom stereocenters. The SMILES string of the molecule is C[C@@H](Nc1ncc(C(F)(F)F)c(N)n1)c1cc2c(F)cccc2s1. The molecule has 0 saturated carbocycles. The molecule has 2 heterocycles. The highest BCUT2D eigenvalue weighted by atomic mass is 32.1. The third kappa shape index (κ3) is 3.12. The molecule has 4 nitrogen and oxygen atoms in total. The zero-order chi connectivity index (χ0) is 17.5. The van der Waals surface area contributed by atoms with E-state index in [4.69, 9.17) is 5.73 Å². The smallest absolute Gasteiger partial charge is 0.383 e. The Hall–Kier alpha value is -2.42. The monoisotopic (exact) mass is 356 g/mol. The Morgan fingerprint density at radius 3 is 2.67 bits per heavy atom. The van der Waals surface area contributed by atoms with Crippen LogP contribution in [0.15, 0.2) is 30.5 Å². The van der Waals surface area contributed by atoms with Crippen molar-refractivity contribution in [2.75, 3.05) is 11.1 Å². The number of nitrogens with one attached hydrogen (secondary N) is 1. The molecule has 126 valence electrons. The summed E-state index contributed by atoms with van der Waals surface area (Å²) < 4.78 is 52.5. The van der Waals surface area contributed by atoms with Crippen molar-refractivity contribution in [2.45, 2.75) is 19.1 Å². The number of thiophene rings is 1. The Balaban J connectivity index is 1.85. The Labute approximate surface area is 138 Å². The number of hydrogen-bond acceptors (Lipinski definition) is 5. The Morgan fingerprint density at radius 2 is 2.04 bits per heavy atom. The number of nitrogen functional groups attached to an aromatic ring is 1. The van der Waals surface area contributed by atoms with Gasteiger partial charge in [-0.25, -0.2) is 9.37 Å². The van der Waals surface area contributed by atoms with Crippen LogP contribution in [0.4, 0.5) is 29.3 Å². The number of benzene rings is 1. The number of fused-ring (bicyclic) bond motifs is 1. The fraction of sp³-hybridized carbons (Fsp3) is 0.200. The topological polar surface area (TPSA) is 63.8 Å². The summed E-state index contributed by atoms with van der Waals surface area (Å²) in [5.41, 5.74) is 4.27. The van der Waals surface area contributed by atoms with Crippen LogP contribution in [0, 0.1) is 5.82 Å². The summed E-state index contributed by atoms with van der Waals surface area (Å²) in [5.74, 6) is -0.988. The van der Waals surface area contributed by atoms with E-state index in [9.17, 15) is 17.6 Å². The van der Waals surface area contributed by atoms with Crippen LogP contribution in [0.1, 0.15) is 23.4 Å². The molecular weight excluding hydrogens is 344 g/mol. The van der Waals surface area contributed by atoms with E-state index in [1.54, 1.807) is 25.1 Å². The van der Waals surface area contributed by atoms with Crippen molar-refractivity contribution >= 4 is 33.2 Å². The maximum atomic E-state index is 13.7. The maximum absolute atomic E-state index is 13.7. The quantitative estimate of drug-likeness (QED) is 0.673. The molecule has 0 spiro atoms. The van der Waals surface area contributed by atoms with Crippen molar-refractivity contribution in [3.63, 3.8) is 0 Å². The van der Waals surface area contributed by atoms with Gasteiger partial charge in [-0.2, -0.15) is 18.2 Å². The van der Waals surface area contributed by atoms with Crippen molar-refractivity contribution in [1.82, 2.24) is 9.97 Å². The zero-order valence-corrected chi connectivity index (χ0v) is 13.2. The van der Waals surface area contributed by atoms with Crippen molar-refractivity contribution in [3.8, 4) is 0 Å². The molecule has 3 rings (SSSR count). The van der Waals surface area contributed by atoms with Crippen LogP contribution in [-0.4, -0.2) is 9.97 Å². The third-order valence-electron chi connectivity index (χ3n) is 3.42. The van der Waals surface area contributed by atoms with Crippen LogP contribution in [0.3, 0.4) is 0 Å². The predicted octanol–water partition coefficient (Wildman–Crippen LogP) is 4.60. The summed E-state index contributed by atoms with van der Waals surface area (Å²) in [5, 5.41) is 3.38. The van der Waals surface area contributed by atoms with Crippen LogP contribution in [0.2, 0.25) is 0 Å². The van der Waals surface area contributed by atoms with Crippen molar-refractivity contribution in [1.29, 1.82) is 0 Å². The van der Waals surface area contributed by atoms with E-state index in [0.29, 0.717) is 11.6 Å². The van der Waals surface area contributed by atoms with Crippen molar-refractivity contribution < 1.29 is 17.6 Å². The summed E-state index contributed by atoms with van der Waals surface area (Å²) >= 11 is 1.38. The number of alkyl halides is 3. The molecule has 0 aliphatic carbocycles. The lowest BCUT2D eigenvalue weighted by Gasteiger charge is -2.14. The second-order valence-corrected chi connectivity index (χ2v) is 6.27. The summed E-state index contributed by atoms with van der Waals surface area (Å²) in [6.07, 6.45) is -3.96. The predicted molar refractivity (Wildman–Crippen MR) is 85.3 cm³/mol. The largest absolute Gasteiger partial charge is 0.421 e. The highest BCUT2D eigenvalue weighted by Crippen LogP contribution is 2.34. The molecule has 0 fully saturated rings. The fourth-order valence-corrected chi connectivity index (χ4v) is 3.29. The van der Waals surface area contributed by atoms with Gasteiger partial charge in [0, 0.05) is 21.2 Å². The van der Waals surface area contributed by atoms with E-state index in [0.717, 1.165) is 9.58 Å². The van der Waals surface area contributed by atoms with E-state index in [-0.39, 0.29) is 17.8 Å². The molecule has 9 heteroatoms. The Morgan fingerprint density at radius 1 is 1.29 bits per heavy atom. The van der Waals surface area contributed by atoms with Crippen LogP contribution in [-0.2, 0) is 6.18 Å². The van der Waals surface area contributed by atoms with Gasteiger partial charge in [-0.05, 0) is 25.1 Å². The van der Waals surface area contributed by atoms with Gasteiger partial charge in [-0.1, -0.05) is 6.07 Å². The molecule has 2 aromatic heterocycles. The first kappa shape index (κ1) is 16.4. The van der Waals surface area contributed by atoms with E-state index in [1.807, 2.05) is 0 Å². The van der Waals surface area contributed by atoms with E-state index in [1.165, 1.54) is 17.4 Å². The molecule has 1 aromatic carbocycles. The molecule has 0 amide bonds. The molecule has 0 aliphatic heterocycles. The van der Waals surface area contributed by atoms with Gasteiger partial charge in [0.25, 0.3) is 0 Å². The van der Waals surface area contributed by atoms with Gasteiger partial charge in [0.2, 0.25) is 5.95 Å². The minimum atomic E-state index is -4.60. The molecule has 0 saturated heterocycles. The van der Waals surface area contributed by atoms with Crippen LogP contribution < -0.4 is 11.1 Å². The van der Waals surface area contributed by atoms with Gasteiger partial charge in [-0.3, -0.25) is 0 Å². The standard InChI is InChI=1S/C15H12F4N4S/c1-7(12-5-8-10(16)3-2-4-11(8)24-12)22-14-21-6-9(13(20)23-14)15(17,18)19/h2-7H,1H3,(H3,20,21,22,23)/t7-/m1/s1. The number of aromatic nitrogens is 2. The summed E-state index contributed by atoms with van der Waals surface area (Å²) in [7, 11) is 0. The van der Waals surface area contributed by atoms with Gasteiger partial charge in [-0.15, -0.1) is 11.3 Å². The molecule has 0 radical (unpaired) electrons. The Kier molecular flexibility index (Phi) is 4.04. The normalized spacial score (nSPS) is 13.2. The average Bonchev–Trinajstić information content (AvgIpc) is 2.91. The van der Waals surface area contributed by atoms with E-state index >= 15 is 0 Å². The lowest BCUT2D eigenvalue weighted by atomic mass is 10.2. The first-order chi connectivity index (χ1) is 11.3. The van der Waals surface area contributed by atoms with E-state index in [2.05, 4.69) is 15.3 Å². The number of nitrogens with two attached hydrogens (primary N) is 1. The lowest BCUT2D eigenvalue weighted by molar-refractivity contribution is -0.137. The average molecular weight is 356 g/mol. The molecular formula is C15H12F4N4S. The molecule has 3 aromatic rings. The van der Waals surface area contributed by atoms with Gasteiger partial charge in [0.1, 0.15) is 17.2 Å². The number of nitrogens with zero attached hydrogens (tertiary/aromatic N) is 2. The van der Waals surface area contributed by atoms with E-state index < -0.39 is 17.6 Å². The van der Waals surface area contributed by atoms with Crippen LogP contribution in [0.25, 0.3) is 10.1 Å². The minimum Gasteiger partial charge on any atom is -0.383 e. The van der Waals surface area contributed by atoms with Gasteiger partial charge >= 0.3 is 6.18 Å². The highest BCUT2D eigenvalue weighted by molar-refractivity contribution is 7.19. The van der Waals surface area contributed by atoms with Crippen LogP contribution >= 0.6 is 11.3 Å². The number of anilines is 2. The molecule has 24 heavy (non-hydrogen) atoms. The summed E-state index contributed by atoms with van der Waals surface area (Å²) in [6, 6.07) is 6.16. The summed E-state index contributed by atoms with van der Waals surface area (Å²) in [6.45, 7) is 1.78. The maximum Gasteiger partial charge on any atom is 0.421 e. The number of hydrogen-bond donors (Lipinski definition) is 2. The summed E-state index contributed by atoms with van der Waals surface area (Å²) in [4.78, 5) is 8.10. The number of rotatable bonds is 3. The second kappa shape index (κ2) is 5.90. The third-order valence-corrected chi connectivity index (χ3v) is 4.71. The molecule has 1 atom stereocenters. The molecule has 3 N–H and O–H groups in total. The molecule has 0 aliphatic rings. The highest BCUT2D eigenvalue weighted by Gasteiger charge is 2.34. The van der Waals surface area contributed by atoms with Crippen molar-refractivity contribution in [3.05, 3.63) is 46.7 Å². The Bertz CT molecular complexity index is 891. The number of halogens is 4. The minimum absolute atomic E-state index is 0.0223. The van der Waals surface area contributed by atoms with Gasteiger partial charge in [0.15, 0.2) is 0 Å². The second-order valence-electron chi connectivity index (χ2n) is 5.16. The zero-order valence-electron chi connectivity index (χ0n) is 12.4. The van der Waals surface area contributed by atoms with Crippen molar-refractivity contribution in [2.24, 2.45) is 0 Å².